The second kappa shape index (κ2) is 6.11. The molecule has 1 N–H and O–H groups in total. The minimum atomic E-state index is -0.468. The van der Waals surface area contributed by atoms with Crippen LogP contribution in [-0.4, -0.2) is 36.3 Å². The molecule has 6 nitrogen and oxygen atoms in total. The number of carbonyl (C=O) groups excluding carboxylic acids is 3. The molecule has 0 aromatic heterocycles. The number of benzene rings is 2. The van der Waals surface area contributed by atoms with Gasteiger partial charge in [-0.2, -0.15) is 0 Å². The fourth-order valence-corrected chi connectivity index (χ4v) is 2.34. The van der Waals surface area contributed by atoms with Crippen LogP contribution in [-0.2, 0) is 4.79 Å². The summed E-state index contributed by atoms with van der Waals surface area (Å²) in [5.41, 5.74) is 0.918. The zero-order valence-corrected chi connectivity index (χ0v) is 12.7. The first-order valence-electron chi connectivity index (χ1n) is 7.10. The van der Waals surface area contributed by atoms with Crippen molar-refractivity contribution in [3.8, 4) is 5.75 Å². The Labute approximate surface area is 136 Å². The standard InChI is InChI=1S/C17H13FN2O4/c1-20-16(22)13-6-5-11(8-14(13)17(20)23)19-15(21)9-24-12-4-2-3-10(18)7-12/h2-8H,9H2,1H3,(H,19,21). The predicted molar refractivity (Wildman–Crippen MR) is 83.4 cm³/mol. The first-order chi connectivity index (χ1) is 11.5. The van der Waals surface area contributed by atoms with Gasteiger partial charge in [-0.05, 0) is 30.3 Å². The molecule has 1 heterocycles. The summed E-state index contributed by atoms with van der Waals surface area (Å²) in [5, 5.41) is 2.57. The van der Waals surface area contributed by atoms with Crippen LogP contribution in [0.15, 0.2) is 42.5 Å². The van der Waals surface area contributed by atoms with E-state index in [0.29, 0.717) is 11.3 Å². The number of amides is 3. The first kappa shape index (κ1) is 15.7. The fourth-order valence-electron chi connectivity index (χ4n) is 2.34. The maximum atomic E-state index is 13.0. The largest absolute Gasteiger partial charge is 0.484 e. The molecule has 0 spiro atoms. The molecule has 1 aliphatic heterocycles. The van der Waals surface area contributed by atoms with Crippen LogP contribution in [0.3, 0.4) is 0 Å². The van der Waals surface area contributed by atoms with E-state index < -0.39 is 17.6 Å². The molecule has 3 rings (SSSR count). The molecular weight excluding hydrogens is 315 g/mol. The Balaban J connectivity index is 1.65. The molecule has 0 saturated carbocycles. The number of ether oxygens (including phenoxy) is 1. The second-order valence-electron chi connectivity index (χ2n) is 5.22. The average Bonchev–Trinajstić information content (AvgIpc) is 2.77. The van der Waals surface area contributed by atoms with Crippen LogP contribution in [0.1, 0.15) is 20.7 Å². The van der Waals surface area contributed by atoms with Crippen molar-refractivity contribution in [1.29, 1.82) is 0 Å². The van der Waals surface area contributed by atoms with Gasteiger partial charge >= 0.3 is 0 Å². The van der Waals surface area contributed by atoms with Gasteiger partial charge in [0.15, 0.2) is 6.61 Å². The van der Waals surface area contributed by atoms with Crippen LogP contribution < -0.4 is 10.1 Å². The summed E-state index contributed by atoms with van der Waals surface area (Å²) in [6.07, 6.45) is 0. The van der Waals surface area contributed by atoms with Crippen molar-refractivity contribution >= 4 is 23.4 Å². The molecule has 0 aliphatic carbocycles. The lowest BCUT2D eigenvalue weighted by atomic mass is 10.1. The van der Waals surface area contributed by atoms with E-state index in [4.69, 9.17) is 4.74 Å². The number of nitrogens with one attached hydrogen (secondary N) is 1. The van der Waals surface area contributed by atoms with Crippen molar-refractivity contribution in [2.45, 2.75) is 0 Å². The number of hydrogen-bond acceptors (Lipinski definition) is 4. The Morgan fingerprint density at radius 3 is 2.62 bits per heavy atom. The summed E-state index contributed by atoms with van der Waals surface area (Å²) in [7, 11) is 1.40. The van der Waals surface area contributed by atoms with Crippen molar-refractivity contribution in [3.05, 3.63) is 59.4 Å². The van der Waals surface area contributed by atoms with Crippen LogP contribution in [0, 0.1) is 5.82 Å². The Hall–Kier alpha value is -3.22. The number of nitrogens with zero attached hydrogens (tertiary/aromatic N) is 1. The molecule has 0 atom stereocenters. The molecule has 1 aliphatic rings. The third-order valence-electron chi connectivity index (χ3n) is 3.54. The highest BCUT2D eigenvalue weighted by molar-refractivity contribution is 6.21. The van der Waals surface area contributed by atoms with Gasteiger partial charge in [0.2, 0.25) is 0 Å². The summed E-state index contributed by atoms with van der Waals surface area (Å²) >= 11 is 0. The monoisotopic (exact) mass is 328 g/mol. The van der Waals surface area contributed by atoms with Crippen molar-refractivity contribution in [1.82, 2.24) is 4.90 Å². The molecule has 122 valence electrons. The number of fused-ring (bicyclic) bond motifs is 1. The quantitative estimate of drug-likeness (QED) is 0.872. The van der Waals surface area contributed by atoms with Crippen molar-refractivity contribution < 1.29 is 23.5 Å². The average molecular weight is 328 g/mol. The van der Waals surface area contributed by atoms with Crippen LogP contribution in [0.25, 0.3) is 0 Å². The van der Waals surface area contributed by atoms with Crippen LogP contribution in [0.5, 0.6) is 5.75 Å². The zero-order valence-electron chi connectivity index (χ0n) is 12.7. The highest BCUT2D eigenvalue weighted by atomic mass is 19.1. The van der Waals surface area contributed by atoms with E-state index in [2.05, 4.69) is 5.32 Å². The van der Waals surface area contributed by atoms with Gasteiger partial charge in [0.05, 0.1) is 11.1 Å². The molecule has 0 fully saturated rings. The zero-order chi connectivity index (χ0) is 17.3. The summed E-state index contributed by atoms with van der Waals surface area (Å²) in [4.78, 5) is 36.6. The molecule has 0 unspecified atom stereocenters. The topological polar surface area (TPSA) is 75.7 Å². The first-order valence-corrected chi connectivity index (χ1v) is 7.10. The SMILES string of the molecule is CN1C(=O)c2ccc(NC(=O)COc3cccc(F)c3)cc2C1=O. The van der Waals surface area contributed by atoms with E-state index in [9.17, 15) is 18.8 Å². The van der Waals surface area contributed by atoms with Gasteiger partial charge in [0.25, 0.3) is 17.7 Å². The third-order valence-corrected chi connectivity index (χ3v) is 3.54. The van der Waals surface area contributed by atoms with Gasteiger partial charge in [-0.3, -0.25) is 19.3 Å². The summed E-state index contributed by atoms with van der Waals surface area (Å²) < 4.78 is 18.2. The van der Waals surface area contributed by atoms with Gasteiger partial charge in [-0.25, -0.2) is 4.39 Å². The van der Waals surface area contributed by atoms with E-state index >= 15 is 0 Å². The Morgan fingerprint density at radius 2 is 1.88 bits per heavy atom. The fraction of sp³-hybridized carbons (Fsp3) is 0.118. The smallest absolute Gasteiger partial charge is 0.262 e. The minimum Gasteiger partial charge on any atom is -0.484 e. The second-order valence-corrected chi connectivity index (χ2v) is 5.22. The summed E-state index contributed by atoms with van der Waals surface area (Å²) in [6, 6.07) is 9.91. The molecule has 2 aromatic carbocycles. The number of halogens is 1. The van der Waals surface area contributed by atoms with Gasteiger partial charge in [0, 0.05) is 18.8 Å². The van der Waals surface area contributed by atoms with E-state index in [1.807, 2.05) is 0 Å². The number of hydrogen-bond donors (Lipinski definition) is 1. The molecule has 2 aromatic rings. The van der Waals surface area contributed by atoms with Gasteiger partial charge in [-0.15, -0.1) is 0 Å². The lowest BCUT2D eigenvalue weighted by molar-refractivity contribution is -0.118. The van der Waals surface area contributed by atoms with Crippen LogP contribution in [0.4, 0.5) is 10.1 Å². The van der Waals surface area contributed by atoms with Crippen molar-refractivity contribution in [2.75, 3.05) is 19.0 Å². The normalized spacial score (nSPS) is 13.0. The van der Waals surface area contributed by atoms with E-state index in [1.54, 1.807) is 0 Å². The highest BCUT2D eigenvalue weighted by Gasteiger charge is 2.32. The highest BCUT2D eigenvalue weighted by Crippen LogP contribution is 2.24. The lowest BCUT2D eigenvalue weighted by Gasteiger charge is -2.08. The molecule has 7 heteroatoms. The summed E-state index contributed by atoms with van der Waals surface area (Å²) in [5.74, 6) is -1.48. The number of anilines is 1. The van der Waals surface area contributed by atoms with Crippen molar-refractivity contribution in [2.24, 2.45) is 0 Å². The molecule has 3 amide bonds. The molecule has 0 radical (unpaired) electrons. The Morgan fingerprint density at radius 1 is 1.12 bits per heavy atom. The van der Waals surface area contributed by atoms with Gasteiger partial charge in [-0.1, -0.05) is 6.07 Å². The van der Waals surface area contributed by atoms with Crippen LogP contribution in [0.2, 0.25) is 0 Å². The summed E-state index contributed by atoms with van der Waals surface area (Å²) in [6.45, 7) is -0.312. The molecule has 24 heavy (non-hydrogen) atoms. The molecule has 0 saturated heterocycles. The van der Waals surface area contributed by atoms with E-state index in [0.717, 1.165) is 4.90 Å². The maximum Gasteiger partial charge on any atom is 0.262 e. The lowest BCUT2D eigenvalue weighted by Crippen LogP contribution is -2.24. The number of rotatable bonds is 4. The number of carbonyl (C=O) groups is 3. The maximum absolute atomic E-state index is 13.0. The Bertz CT molecular complexity index is 850. The van der Waals surface area contributed by atoms with E-state index in [1.165, 1.54) is 49.5 Å². The molecular formula is C17H13FN2O4. The van der Waals surface area contributed by atoms with Crippen LogP contribution >= 0.6 is 0 Å². The number of imide groups is 1. The van der Waals surface area contributed by atoms with Gasteiger partial charge < -0.3 is 10.1 Å². The predicted octanol–water partition coefficient (Wildman–Crippen LogP) is 2.07. The minimum absolute atomic E-state index is 0.238. The van der Waals surface area contributed by atoms with Gasteiger partial charge in [0.1, 0.15) is 11.6 Å². The van der Waals surface area contributed by atoms with E-state index in [-0.39, 0.29) is 23.8 Å². The third kappa shape index (κ3) is 2.96. The molecule has 0 bridgehead atoms. The van der Waals surface area contributed by atoms with Crippen molar-refractivity contribution in [3.63, 3.8) is 0 Å². The Kier molecular flexibility index (Phi) is 3.99.